The molecule has 0 radical (unpaired) electrons. The van der Waals surface area contributed by atoms with Crippen molar-refractivity contribution in [2.24, 2.45) is 0 Å². The molecule has 0 amide bonds. The van der Waals surface area contributed by atoms with Gasteiger partial charge in [0, 0.05) is 22.9 Å². The lowest BCUT2D eigenvalue weighted by molar-refractivity contribution is 0.0345. The maximum atomic E-state index is 10.00. The van der Waals surface area contributed by atoms with Gasteiger partial charge in [-0.25, -0.2) is 4.98 Å². The Hall–Kier alpha value is -0.810. The number of aliphatic hydroxyl groups excluding tert-OH is 2. The van der Waals surface area contributed by atoms with E-state index in [2.05, 4.69) is 17.6 Å². The van der Waals surface area contributed by atoms with Gasteiger partial charge >= 0.3 is 0 Å². The number of benzene rings is 1. The number of aromatic nitrogens is 1. The van der Waals surface area contributed by atoms with E-state index in [0.29, 0.717) is 10.7 Å². The molecule has 0 bridgehead atoms. The molecule has 0 fully saturated rings. The predicted molar refractivity (Wildman–Crippen MR) is 71.6 cm³/mol. The van der Waals surface area contributed by atoms with E-state index in [-0.39, 0.29) is 5.75 Å². The van der Waals surface area contributed by atoms with Gasteiger partial charge in [0.15, 0.2) is 0 Å². The van der Waals surface area contributed by atoms with Crippen LogP contribution < -0.4 is 0 Å². The highest BCUT2D eigenvalue weighted by Gasteiger charge is 2.20. The Morgan fingerprint density at radius 2 is 1.88 bits per heavy atom. The highest BCUT2D eigenvalue weighted by Crippen LogP contribution is 2.29. The number of hydrogen-bond donors (Lipinski definition) is 3. The number of nitrogens with zero attached hydrogens (tertiary/aromatic N) is 1. The van der Waals surface area contributed by atoms with Gasteiger partial charge in [-0.1, -0.05) is 35.9 Å². The summed E-state index contributed by atoms with van der Waals surface area (Å²) in [6.07, 6.45) is -0.450. The Morgan fingerprint density at radius 3 is 2.53 bits per heavy atom. The van der Waals surface area contributed by atoms with Crippen LogP contribution in [0.15, 0.2) is 30.5 Å². The van der Waals surface area contributed by atoms with Crippen LogP contribution >= 0.6 is 24.2 Å². The first-order valence-electron chi connectivity index (χ1n) is 5.15. The van der Waals surface area contributed by atoms with E-state index in [0.717, 1.165) is 10.8 Å². The molecule has 5 heteroatoms. The van der Waals surface area contributed by atoms with Gasteiger partial charge in [-0.05, 0) is 5.39 Å². The zero-order valence-corrected chi connectivity index (χ0v) is 10.6. The van der Waals surface area contributed by atoms with Gasteiger partial charge < -0.3 is 10.2 Å². The van der Waals surface area contributed by atoms with Crippen molar-refractivity contribution < 1.29 is 10.2 Å². The van der Waals surface area contributed by atoms with Crippen molar-refractivity contribution in [3.63, 3.8) is 0 Å². The molecule has 2 unspecified atom stereocenters. The third kappa shape index (κ3) is 2.40. The summed E-state index contributed by atoms with van der Waals surface area (Å²) in [6, 6.07) is 7.36. The van der Waals surface area contributed by atoms with Crippen LogP contribution in [0.25, 0.3) is 10.8 Å². The van der Waals surface area contributed by atoms with Crippen LogP contribution in [0.2, 0.25) is 5.15 Å². The number of thiol groups is 1. The summed E-state index contributed by atoms with van der Waals surface area (Å²) in [5, 5.41) is 21.6. The molecular weight excluding hydrogens is 258 g/mol. The van der Waals surface area contributed by atoms with E-state index in [1.54, 1.807) is 0 Å². The summed E-state index contributed by atoms with van der Waals surface area (Å²) in [6.45, 7) is 0. The van der Waals surface area contributed by atoms with E-state index >= 15 is 0 Å². The minimum Gasteiger partial charge on any atom is -0.389 e. The first kappa shape index (κ1) is 12.6. The first-order chi connectivity index (χ1) is 8.15. The fourth-order valence-corrected chi connectivity index (χ4v) is 2.14. The standard InChI is InChI=1S/C12H12ClNO2S/c13-12-8-4-2-1-3-7(8)9(5-14-12)11(16)10(15)6-17/h1-5,10-11,15-17H,6H2. The monoisotopic (exact) mass is 269 g/mol. The van der Waals surface area contributed by atoms with Gasteiger partial charge in [-0.3, -0.25) is 0 Å². The quantitative estimate of drug-likeness (QED) is 0.592. The lowest BCUT2D eigenvalue weighted by atomic mass is 10.0. The minimum atomic E-state index is -1.01. The van der Waals surface area contributed by atoms with Crippen LogP contribution in [0.5, 0.6) is 0 Å². The van der Waals surface area contributed by atoms with Crippen molar-refractivity contribution in [3.05, 3.63) is 41.2 Å². The maximum Gasteiger partial charge on any atom is 0.136 e. The average molecular weight is 270 g/mol. The Balaban J connectivity index is 2.59. The van der Waals surface area contributed by atoms with Crippen molar-refractivity contribution in [3.8, 4) is 0 Å². The molecule has 2 aromatic rings. The van der Waals surface area contributed by atoms with Gasteiger partial charge in [0.2, 0.25) is 0 Å². The maximum absolute atomic E-state index is 10.00. The molecule has 90 valence electrons. The third-order valence-corrected chi connectivity index (χ3v) is 3.32. The highest BCUT2D eigenvalue weighted by molar-refractivity contribution is 7.80. The molecule has 0 aliphatic heterocycles. The molecule has 0 aliphatic rings. The van der Waals surface area contributed by atoms with E-state index in [9.17, 15) is 10.2 Å². The van der Waals surface area contributed by atoms with Gasteiger partial charge in [-0.15, -0.1) is 0 Å². The average Bonchev–Trinajstić information content (AvgIpc) is 2.38. The van der Waals surface area contributed by atoms with Gasteiger partial charge in [0.05, 0.1) is 6.10 Å². The zero-order chi connectivity index (χ0) is 12.4. The summed E-state index contributed by atoms with van der Waals surface area (Å²) in [4.78, 5) is 4.01. The fourth-order valence-electron chi connectivity index (χ4n) is 1.72. The molecule has 0 aliphatic carbocycles. The third-order valence-electron chi connectivity index (χ3n) is 2.65. The summed E-state index contributed by atoms with van der Waals surface area (Å²) >= 11 is 9.94. The molecule has 1 heterocycles. The Bertz CT molecular complexity index is 535. The first-order valence-corrected chi connectivity index (χ1v) is 6.16. The number of hydrogen-bond acceptors (Lipinski definition) is 4. The lowest BCUT2D eigenvalue weighted by Crippen LogP contribution is -2.20. The van der Waals surface area contributed by atoms with Crippen molar-refractivity contribution in [1.29, 1.82) is 0 Å². The van der Waals surface area contributed by atoms with Crippen LogP contribution in [0.3, 0.4) is 0 Å². The van der Waals surface area contributed by atoms with Crippen LogP contribution in [-0.2, 0) is 0 Å². The molecule has 1 aromatic carbocycles. The van der Waals surface area contributed by atoms with E-state index < -0.39 is 12.2 Å². The number of rotatable bonds is 3. The number of aliphatic hydroxyl groups is 2. The summed E-state index contributed by atoms with van der Waals surface area (Å²) in [7, 11) is 0. The molecule has 3 nitrogen and oxygen atoms in total. The Morgan fingerprint density at radius 1 is 1.24 bits per heavy atom. The van der Waals surface area contributed by atoms with E-state index in [1.807, 2.05) is 24.3 Å². The van der Waals surface area contributed by atoms with Crippen LogP contribution in [0.1, 0.15) is 11.7 Å². The fraction of sp³-hybridized carbons (Fsp3) is 0.250. The van der Waals surface area contributed by atoms with E-state index in [1.165, 1.54) is 6.20 Å². The van der Waals surface area contributed by atoms with Crippen LogP contribution in [-0.4, -0.2) is 27.1 Å². The SMILES string of the molecule is OC(CS)C(O)c1cnc(Cl)c2ccccc12. The molecule has 1 aromatic heterocycles. The zero-order valence-electron chi connectivity index (χ0n) is 8.92. The molecular formula is C12H12ClNO2S. The van der Waals surface area contributed by atoms with Crippen molar-refractivity contribution in [2.45, 2.75) is 12.2 Å². The van der Waals surface area contributed by atoms with Gasteiger partial charge in [0.1, 0.15) is 11.3 Å². The number of halogens is 1. The normalized spacial score (nSPS) is 14.8. The number of pyridine rings is 1. The highest BCUT2D eigenvalue weighted by atomic mass is 35.5. The van der Waals surface area contributed by atoms with Crippen molar-refractivity contribution >= 4 is 35.0 Å². The van der Waals surface area contributed by atoms with Gasteiger partial charge in [0.25, 0.3) is 0 Å². The molecule has 2 atom stereocenters. The smallest absolute Gasteiger partial charge is 0.136 e. The number of fused-ring (bicyclic) bond motifs is 1. The lowest BCUT2D eigenvalue weighted by Gasteiger charge is -2.17. The van der Waals surface area contributed by atoms with E-state index in [4.69, 9.17) is 11.6 Å². The summed E-state index contributed by atoms with van der Waals surface area (Å²) < 4.78 is 0. The molecule has 17 heavy (non-hydrogen) atoms. The second-order valence-corrected chi connectivity index (χ2v) is 4.47. The second kappa shape index (κ2) is 5.23. The topological polar surface area (TPSA) is 53.4 Å². The summed E-state index contributed by atoms with van der Waals surface area (Å²) in [5.41, 5.74) is 0.562. The van der Waals surface area contributed by atoms with Crippen molar-refractivity contribution in [2.75, 3.05) is 5.75 Å². The molecule has 0 saturated carbocycles. The van der Waals surface area contributed by atoms with Crippen LogP contribution in [0.4, 0.5) is 0 Å². The Labute approximate surface area is 109 Å². The predicted octanol–water partition coefficient (Wildman–Crippen LogP) is 2.21. The molecule has 0 saturated heterocycles. The largest absolute Gasteiger partial charge is 0.389 e. The van der Waals surface area contributed by atoms with Gasteiger partial charge in [-0.2, -0.15) is 12.6 Å². The molecule has 0 spiro atoms. The minimum absolute atomic E-state index is 0.179. The molecule has 2 N–H and O–H groups in total. The Kier molecular flexibility index (Phi) is 3.89. The molecule has 2 rings (SSSR count). The second-order valence-electron chi connectivity index (χ2n) is 3.74. The summed E-state index contributed by atoms with van der Waals surface area (Å²) in [5.74, 6) is 0.179. The van der Waals surface area contributed by atoms with Crippen molar-refractivity contribution in [1.82, 2.24) is 4.98 Å². The van der Waals surface area contributed by atoms with Crippen LogP contribution in [0, 0.1) is 0 Å².